The third kappa shape index (κ3) is 5.06. The summed E-state index contributed by atoms with van der Waals surface area (Å²) >= 11 is 0. The van der Waals surface area contributed by atoms with Crippen LogP contribution in [0, 0.1) is 5.92 Å². The van der Waals surface area contributed by atoms with Crippen LogP contribution in [0.1, 0.15) is 63.3 Å². The molecule has 0 aliphatic heterocycles. The third-order valence-corrected chi connectivity index (χ3v) is 5.77. The second kappa shape index (κ2) is 8.68. The Hall–Kier alpha value is -2.49. The van der Waals surface area contributed by atoms with Gasteiger partial charge in [-0.3, -0.25) is 0 Å². The second-order valence-electron chi connectivity index (χ2n) is 8.52. The molecule has 4 nitrogen and oxygen atoms in total. The van der Waals surface area contributed by atoms with E-state index in [9.17, 15) is 4.79 Å². The molecule has 1 heterocycles. The zero-order chi connectivity index (χ0) is 20.1. The molecule has 0 bridgehead atoms. The molecule has 1 fully saturated rings. The van der Waals surface area contributed by atoms with Crippen molar-refractivity contribution in [2.24, 2.45) is 5.92 Å². The summed E-state index contributed by atoms with van der Waals surface area (Å²) in [5, 5.41) is 6.40. The lowest BCUT2D eigenvalue weighted by atomic mass is 9.82. The molecule has 2 atom stereocenters. The fourth-order valence-corrected chi connectivity index (χ4v) is 4.06. The Labute approximate surface area is 168 Å². The van der Waals surface area contributed by atoms with Crippen LogP contribution in [-0.2, 0) is 12.0 Å². The Morgan fingerprint density at radius 2 is 2.00 bits per heavy atom. The standard InChI is InChI=1S/C24H32N2O2/c1-17(2)18-10-7-11-20(15-18)24(3,4)26-23(27)25-22-13-6-5-9-19(22)16-21-12-8-14-28-21/h7-8,10-12,14-15,19,22H,1,5-6,9,13,16H2,2-4H3,(H2,25,26,27)/t19-,22-/m1/s1. The zero-order valence-electron chi connectivity index (χ0n) is 17.3. The largest absolute Gasteiger partial charge is 0.469 e. The van der Waals surface area contributed by atoms with Crippen LogP contribution in [-0.4, -0.2) is 12.1 Å². The van der Waals surface area contributed by atoms with Crippen LogP contribution in [0.5, 0.6) is 0 Å². The molecule has 2 N–H and O–H groups in total. The average Bonchev–Trinajstić information content (AvgIpc) is 3.16. The van der Waals surface area contributed by atoms with Crippen molar-refractivity contribution in [3.8, 4) is 0 Å². The maximum absolute atomic E-state index is 12.8. The molecular weight excluding hydrogens is 348 g/mol. The molecule has 4 heteroatoms. The van der Waals surface area contributed by atoms with Crippen molar-refractivity contribution in [3.05, 3.63) is 66.1 Å². The van der Waals surface area contributed by atoms with Gasteiger partial charge in [-0.25, -0.2) is 4.79 Å². The summed E-state index contributed by atoms with van der Waals surface area (Å²) < 4.78 is 5.52. The Morgan fingerprint density at radius 1 is 1.21 bits per heavy atom. The zero-order valence-corrected chi connectivity index (χ0v) is 17.3. The Bertz CT molecular complexity index is 808. The van der Waals surface area contributed by atoms with Gasteiger partial charge in [0.15, 0.2) is 0 Å². The van der Waals surface area contributed by atoms with Gasteiger partial charge in [-0.1, -0.05) is 43.2 Å². The molecule has 1 aromatic heterocycles. The average molecular weight is 381 g/mol. The minimum Gasteiger partial charge on any atom is -0.469 e. The lowest BCUT2D eigenvalue weighted by Crippen LogP contribution is -2.52. The van der Waals surface area contributed by atoms with Crippen molar-refractivity contribution in [3.63, 3.8) is 0 Å². The molecule has 2 amide bonds. The number of amides is 2. The topological polar surface area (TPSA) is 54.3 Å². The number of urea groups is 1. The van der Waals surface area contributed by atoms with E-state index < -0.39 is 5.54 Å². The van der Waals surface area contributed by atoms with Gasteiger partial charge in [0.2, 0.25) is 0 Å². The van der Waals surface area contributed by atoms with Crippen LogP contribution < -0.4 is 10.6 Å². The van der Waals surface area contributed by atoms with E-state index in [1.54, 1.807) is 6.26 Å². The summed E-state index contributed by atoms with van der Waals surface area (Å²) in [5.74, 6) is 1.41. The predicted molar refractivity (Wildman–Crippen MR) is 114 cm³/mol. The maximum atomic E-state index is 12.8. The van der Waals surface area contributed by atoms with Crippen molar-refractivity contribution in [1.82, 2.24) is 10.6 Å². The van der Waals surface area contributed by atoms with E-state index in [1.165, 1.54) is 6.42 Å². The molecule has 3 rings (SSSR count). The van der Waals surface area contributed by atoms with Crippen molar-refractivity contribution < 1.29 is 9.21 Å². The molecule has 0 radical (unpaired) electrons. The Balaban J connectivity index is 1.64. The van der Waals surface area contributed by atoms with Crippen molar-refractivity contribution >= 4 is 11.6 Å². The molecule has 28 heavy (non-hydrogen) atoms. The predicted octanol–water partition coefficient (Wildman–Crippen LogP) is 5.65. The number of rotatable bonds is 6. The Morgan fingerprint density at radius 3 is 2.71 bits per heavy atom. The Kier molecular flexibility index (Phi) is 6.28. The summed E-state index contributed by atoms with van der Waals surface area (Å²) in [4.78, 5) is 12.8. The van der Waals surface area contributed by atoms with Crippen molar-refractivity contribution in [2.75, 3.05) is 0 Å². The maximum Gasteiger partial charge on any atom is 0.315 e. The van der Waals surface area contributed by atoms with Gasteiger partial charge in [-0.2, -0.15) is 0 Å². The highest BCUT2D eigenvalue weighted by Gasteiger charge is 2.29. The first kappa shape index (κ1) is 20.2. The third-order valence-electron chi connectivity index (χ3n) is 5.77. The minimum absolute atomic E-state index is 0.109. The summed E-state index contributed by atoms with van der Waals surface area (Å²) in [5.41, 5.74) is 2.71. The quantitative estimate of drug-likeness (QED) is 0.680. The van der Waals surface area contributed by atoms with Gasteiger partial charge in [0.1, 0.15) is 5.76 Å². The van der Waals surface area contributed by atoms with Gasteiger partial charge in [0, 0.05) is 12.5 Å². The molecule has 1 saturated carbocycles. The highest BCUT2D eigenvalue weighted by molar-refractivity contribution is 5.75. The van der Waals surface area contributed by atoms with Crippen LogP contribution in [0.3, 0.4) is 0 Å². The van der Waals surface area contributed by atoms with E-state index in [4.69, 9.17) is 4.42 Å². The van der Waals surface area contributed by atoms with E-state index >= 15 is 0 Å². The van der Waals surface area contributed by atoms with Crippen molar-refractivity contribution in [2.45, 2.75) is 64.5 Å². The first-order valence-electron chi connectivity index (χ1n) is 10.2. The summed E-state index contributed by atoms with van der Waals surface area (Å²) in [7, 11) is 0. The molecule has 0 saturated heterocycles. The monoisotopic (exact) mass is 380 g/mol. The summed E-state index contributed by atoms with van der Waals surface area (Å²) in [6.07, 6.45) is 7.10. The fraction of sp³-hybridized carbons (Fsp3) is 0.458. The smallest absolute Gasteiger partial charge is 0.315 e. The van der Waals surface area contributed by atoms with Gasteiger partial charge < -0.3 is 15.1 Å². The van der Waals surface area contributed by atoms with Crippen molar-refractivity contribution in [1.29, 1.82) is 0 Å². The number of hydrogen-bond acceptors (Lipinski definition) is 2. The molecule has 0 unspecified atom stereocenters. The molecule has 1 aliphatic rings. The molecule has 1 aliphatic carbocycles. The lowest BCUT2D eigenvalue weighted by Gasteiger charge is -2.34. The normalized spacial score (nSPS) is 19.8. The number of carbonyl (C=O) groups excluding carboxylic acids is 1. The number of allylic oxidation sites excluding steroid dienone is 1. The molecule has 1 aromatic carbocycles. The van der Waals surface area contributed by atoms with Crippen LogP contribution in [0.4, 0.5) is 4.79 Å². The van der Waals surface area contributed by atoms with E-state index in [0.717, 1.165) is 48.1 Å². The first-order valence-corrected chi connectivity index (χ1v) is 10.2. The van der Waals surface area contributed by atoms with E-state index in [1.807, 2.05) is 51.1 Å². The number of benzene rings is 1. The molecule has 0 spiro atoms. The first-order chi connectivity index (χ1) is 13.3. The minimum atomic E-state index is -0.472. The molecule has 2 aromatic rings. The van der Waals surface area contributed by atoms with Gasteiger partial charge in [0.25, 0.3) is 0 Å². The van der Waals surface area contributed by atoms with Gasteiger partial charge in [0.05, 0.1) is 11.8 Å². The summed E-state index contributed by atoms with van der Waals surface area (Å²) in [6.45, 7) is 10.1. The highest BCUT2D eigenvalue weighted by atomic mass is 16.3. The second-order valence-corrected chi connectivity index (χ2v) is 8.52. The van der Waals surface area contributed by atoms with Gasteiger partial charge in [-0.05, 0) is 68.9 Å². The van der Waals surface area contributed by atoms with E-state index in [2.05, 4.69) is 23.3 Å². The lowest BCUT2D eigenvalue weighted by molar-refractivity contribution is 0.206. The van der Waals surface area contributed by atoms with Gasteiger partial charge >= 0.3 is 6.03 Å². The number of carbonyl (C=O) groups is 1. The van der Waals surface area contributed by atoms with Crippen LogP contribution in [0.15, 0.2) is 53.7 Å². The number of furan rings is 1. The molecular formula is C24H32N2O2. The van der Waals surface area contributed by atoms with E-state index in [0.29, 0.717) is 5.92 Å². The number of nitrogens with one attached hydrogen (secondary N) is 2. The van der Waals surface area contributed by atoms with Gasteiger partial charge in [-0.15, -0.1) is 0 Å². The van der Waals surface area contributed by atoms with Crippen LogP contribution in [0.2, 0.25) is 0 Å². The number of hydrogen-bond donors (Lipinski definition) is 2. The SMILES string of the molecule is C=C(C)c1cccc(C(C)(C)NC(=O)N[C@@H]2CCCC[C@@H]2Cc2ccco2)c1. The van der Waals surface area contributed by atoms with E-state index in [-0.39, 0.29) is 12.1 Å². The fourth-order valence-electron chi connectivity index (χ4n) is 4.06. The summed E-state index contributed by atoms with van der Waals surface area (Å²) in [6, 6.07) is 12.2. The van der Waals surface area contributed by atoms with Crippen LogP contribution >= 0.6 is 0 Å². The highest BCUT2D eigenvalue weighted by Crippen LogP contribution is 2.28. The molecule has 150 valence electrons. The van der Waals surface area contributed by atoms with Crippen LogP contribution in [0.25, 0.3) is 5.57 Å².